The molecule has 0 unspecified atom stereocenters. The Morgan fingerprint density at radius 2 is 1.94 bits per heavy atom. The number of hydrazone groups is 1. The predicted octanol–water partition coefficient (Wildman–Crippen LogP) is 4.60. The number of carbonyl (C=O) groups excluding carboxylic acids is 1. The van der Waals surface area contributed by atoms with Crippen LogP contribution in [0.4, 0.5) is 0 Å². The van der Waals surface area contributed by atoms with E-state index in [1.54, 1.807) is 13.3 Å². The number of thioether (sulfide) groups is 1. The molecule has 160 valence electrons. The van der Waals surface area contributed by atoms with Crippen LogP contribution in [-0.2, 0) is 11.3 Å². The highest BCUT2D eigenvalue weighted by molar-refractivity contribution is 9.12. The summed E-state index contributed by atoms with van der Waals surface area (Å²) in [4.78, 5) is 12.2. The molecule has 0 aliphatic rings. The van der Waals surface area contributed by atoms with Crippen LogP contribution in [0.1, 0.15) is 12.5 Å². The molecule has 3 rings (SSSR count). The second-order valence-corrected chi connectivity index (χ2v) is 8.16. The topological polar surface area (TPSA) is 81.4 Å². The molecule has 0 bridgehead atoms. The Bertz CT molecular complexity index is 1070. The number of hydrogen-bond donors (Lipinski definition) is 1. The normalized spacial score (nSPS) is 11.6. The van der Waals surface area contributed by atoms with Crippen LogP contribution in [0, 0.1) is 0 Å². The molecule has 0 saturated heterocycles. The molecule has 1 amide bonds. The van der Waals surface area contributed by atoms with Gasteiger partial charge in [-0.3, -0.25) is 4.79 Å². The number of aromatic nitrogens is 3. The zero-order chi connectivity index (χ0) is 22.1. The Kier molecular flexibility index (Phi) is 8.43. The molecule has 0 saturated carbocycles. The highest BCUT2D eigenvalue weighted by atomic mass is 79.9. The Hall–Kier alpha value is -2.91. The minimum Gasteiger partial charge on any atom is -0.497 e. The maximum absolute atomic E-state index is 12.2. The van der Waals surface area contributed by atoms with Gasteiger partial charge in [-0.1, -0.05) is 42.1 Å². The molecule has 0 fully saturated rings. The molecule has 0 spiro atoms. The number of carbonyl (C=O) groups is 1. The number of allylic oxidation sites excluding steroid dienone is 1. The summed E-state index contributed by atoms with van der Waals surface area (Å²) in [5.41, 5.74) is 4.50. The van der Waals surface area contributed by atoms with Crippen molar-refractivity contribution in [2.24, 2.45) is 5.10 Å². The van der Waals surface area contributed by atoms with Gasteiger partial charge in [0, 0.05) is 16.6 Å². The molecule has 3 aromatic rings. The lowest BCUT2D eigenvalue weighted by Gasteiger charge is -2.07. The molecule has 0 atom stereocenters. The standard InChI is InChI=1S/C22H22BrN5O2S/c1-3-28-21(17-9-11-19(30-2)12-10-17)26-27-22(28)31-15-20(29)25-24-14-18(23)13-16-7-5-4-6-8-16/h4-14H,3,15H2,1-2H3,(H,25,29)/b18-13-,24-14-. The first kappa shape index (κ1) is 22.8. The number of nitrogens with zero attached hydrogens (tertiary/aromatic N) is 4. The van der Waals surface area contributed by atoms with E-state index in [0.29, 0.717) is 11.7 Å². The minimum absolute atomic E-state index is 0.179. The summed E-state index contributed by atoms with van der Waals surface area (Å²) in [5.74, 6) is 1.49. The zero-order valence-corrected chi connectivity index (χ0v) is 19.6. The first-order valence-corrected chi connectivity index (χ1v) is 11.3. The maximum atomic E-state index is 12.2. The van der Waals surface area contributed by atoms with Crippen molar-refractivity contribution in [3.05, 3.63) is 64.6 Å². The van der Waals surface area contributed by atoms with Gasteiger partial charge >= 0.3 is 0 Å². The van der Waals surface area contributed by atoms with Gasteiger partial charge in [-0.2, -0.15) is 5.10 Å². The van der Waals surface area contributed by atoms with E-state index in [2.05, 4.69) is 36.7 Å². The Morgan fingerprint density at radius 3 is 2.61 bits per heavy atom. The van der Waals surface area contributed by atoms with Crippen LogP contribution < -0.4 is 10.2 Å². The predicted molar refractivity (Wildman–Crippen MR) is 128 cm³/mol. The summed E-state index contributed by atoms with van der Waals surface area (Å²) in [6.07, 6.45) is 3.46. The fourth-order valence-corrected chi connectivity index (χ4v) is 3.87. The largest absolute Gasteiger partial charge is 0.497 e. The number of nitrogens with one attached hydrogen (secondary N) is 1. The Balaban J connectivity index is 1.56. The van der Waals surface area contributed by atoms with Crippen molar-refractivity contribution >= 4 is 45.9 Å². The minimum atomic E-state index is -0.224. The van der Waals surface area contributed by atoms with E-state index < -0.39 is 0 Å². The molecule has 0 aliphatic heterocycles. The molecule has 7 nitrogen and oxygen atoms in total. The molecular weight excluding hydrogens is 478 g/mol. The van der Waals surface area contributed by atoms with Gasteiger partial charge in [0.05, 0.1) is 19.1 Å². The third kappa shape index (κ3) is 6.53. The van der Waals surface area contributed by atoms with Crippen LogP contribution in [-0.4, -0.2) is 39.7 Å². The van der Waals surface area contributed by atoms with Crippen molar-refractivity contribution < 1.29 is 9.53 Å². The van der Waals surface area contributed by atoms with E-state index in [1.165, 1.54) is 11.8 Å². The van der Waals surface area contributed by atoms with Crippen LogP contribution in [0.2, 0.25) is 0 Å². The van der Waals surface area contributed by atoms with E-state index in [4.69, 9.17) is 4.74 Å². The first-order chi connectivity index (χ1) is 15.1. The van der Waals surface area contributed by atoms with Gasteiger partial charge in [0.25, 0.3) is 5.91 Å². The summed E-state index contributed by atoms with van der Waals surface area (Å²) < 4.78 is 7.92. The first-order valence-electron chi connectivity index (χ1n) is 9.55. The highest BCUT2D eigenvalue weighted by Crippen LogP contribution is 2.25. The van der Waals surface area contributed by atoms with Crippen molar-refractivity contribution in [2.75, 3.05) is 12.9 Å². The molecule has 2 aromatic carbocycles. The smallest absolute Gasteiger partial charge is 0.250 e. The average molecular weight is 500 g/mol. The Labute approximate surface area is 193 Å². The zero-order valence-electron chi connectivity index (χ0n) is 17.2. The fraction of sp³-hybridized carbons (Fsp3) is 0.182. The van der Waals surface area contributed by atoms with Gasteiger partial charge in [-0.25, -0.2) is 5.43 Å². The van der Waals surface area contributed by atoms with E-state index >= 15 is 0 Å². The van der Waals surface area contributed by atoms with Crippen LogP contribution in [0.15, 0.2) is 69.3 Å². The van der Waals surface area contributed by atoms with E-state index in [0.717, 1.165) is 27.2 Å². The summed E-state index contributed by atoms with van der Waals surface area (Å²) in [5, 5.41) is 13.2. The molecule has 1 aromatic heterocycles. The van der Waals surface area contributed by atoms with Crippen molar-refractivity contribution in [1.82, 2.24) is 20.2 Å². The van der Waals surface area contributed by atoms with Crippen molar-refractivity contribution in [3.8, 4) is 17.1 Å². The maximum Gasteiger partial charge on any atom is 0.250 e. The second kappa shape index (κ2) is 11.5. The molecule has 1 N–H and O–H groups in total. The van der Waals surface area contributed by atoms with Crippen LogP contribution in [0.25, 0.3) is 17.5 Å². The van der Waals surface area contributed by atoms with Crippen LogP contribution >= 0.6 is 27.7 Å². The fourth-order valence-electron chi connectivity index (χ4n) is 2.71. The number of halogens is 1. The van der Waals surface area contributed by atoms with Crippen LogP contribution in [0.3, 0.4) is 0 Å². The van der Waals surface area contributed by atoms with E-state index in [-0.39, 0.29) is 11.7 Å². The Morgan fingerprint density at radius 1 is 1.19 bits per heavy atom. The molecule has 0 radical (unpaired) electrons. The lowest BCUT2D eigenvalue weighted by molar-refractivity contribution is -0.118. The molecule has 31 heavy (non-hydrogen) atoms. The summed E-state index contributed by atoms with van der Waals surface area (Å²) in [7, 11) is 1.63. The van der Waals surface area contributed by atoms with E-state index in [1.807, 2.05) is 72.2 Å². The number of methoxy groups -OCH3 is 1. The SMILES string of the molecule is CCn1c(SCC(=O)N/N=C\C(Br)=C\c2ccccc2)nnc1-c1ccc(OC)cc1. The van der Waals surface area contributed by atoms with Gasteiger partial charge in [0.2, 0.25) is 0 Å². The highest BCUT2D eigenvalue weighted by Gasteiger charge is 2.14. The molecule has 0 aliphatic carbocycles. The quantitative estimate of drug-likeness (QED) is 0.264. The summed E-state index contributed by atoms with van der Waals surface area (Å²) in [6.45, 7) is 2.70. The number of rotatable bonds is 9. The van der Waals surface area contributed by atoms with Crippen molar-refractivity contribution in [1.29, 1.82) is 0 Å². The monoisotopic (exact) mass is 499 g/mol. The molecule has 1 heterocycles. The number of amides is 1. The van der Waals surface area contributed by atoms with Crippen molar-refractivity contribution in [3.63, 3.8) is 0 Å². The third-order valence-corrected chi connectivity index (χ3v) is 5.60. The molecule has 9 heteroatoms. The summed E-state index contributed by atoms with van der Waals surface area (Å²) >= 11 is 4.74. The van der Waals surface area contributed by atoms with Crippen LogP contribution in [0.5, 0.6) is 5.75 Å². The lowest BCUT2D eigenvalue weighted by atomic mass is 10.2. The van der Waals surface area contributed by atoms with Gasteiger partial charge in [-0.05, 0) is 58.8 Å². The lowest BCUT2D eigenvalue weighted by Crippen LogP contribution is -2.19. The third-order valence-electron chi connectivity index (χ3n) is 4.19. The molecular formula is C22H22BrN5O2S. The van der Waals surface area contributed by atoms with Crippen molar-refractivity contribution in [2.45, 2.75) is 18.6 Å². The number of ether oxygens (including phenoxy) is 1. The van der Waals surface area contributed by atoms with Gasteiger partial charge in [-0.15, -0.1) is 10.2 Å². The second-order valence-electron chi connectivity index (χ2n) is 6.30. The van der Waals surface area contributed by atoms with Gasteiger partial charge in [0.15, 0.2) is 11.0 Å². The number of hydrogen-bond acceptors (Lipinski definition) is 6. The van der Waals surface area contributed by atoms with Gasteiger partial charge < -0.3 is 9.30 Å². The average Bonchev–Trinajstić information content (AvgIpc) is 3.21. The number of benzene rings is 2. The van der Waals surface area contributed by atoms with E-state index in [9.17, 15) is 4.79 Å². The summed E-state index contributed by atoms with van der Waals surface area (Å²) in [6, 6.07) is 17.5. The van der Waals surface area contributed by atoms with Gasteiger partial charge in [0.1, 0.15) is 5.75 Å².